The van der Waals surface area contributed by atoms with E-state index in [1.165, 1.54) is 12.1 Å². The summed E-state index contributed by atoms with van der Waals surface area (Å²) in [5, 5.41) is 1.27. The van der Waals surface area contributed by atoms with Gasteiger partial charge in [0.1, 0.15) is 5.75 Å². The van der Waals surface area contributed by atoms with Gasteiger partial charge in [0.25, 0.3) is 0 Å². The van der Waals surface area contributed by atoms with Crippen LogP contribution >= 0.6 is 23.2 Å². The number of aromatic nitrogens is 1. The SMILES string of the molecule is COc1ccc(-c2cc(C(=O)OCC(=O)c3ccc(Cl)cc3Cl)c3cccc(C)c3n2)cc1. The molecule has 0 N–H and O–H groups in total. The highest BCUT2D eigenvalue weighted by Crippen LogP contribution is 2.28. The number of rotatable bonds is 6. The largest absolute Gasteiger partial charge is 0.497 e. The molecule has 0 unspecified atom stereocenters. The number of carbonyl (C=O) groups is 2. The van der Waals surface area contributed by atoms with E-state index < -0.39 is 18.4 Å². The maximum atomic E-state index is 13.1. The van der Waals surface area contributed by atoms with E-state index in [2.05, 4.69) is 0 Å². The highest BCUT2D eigenvalue weighted by molar-refractivity contribution is 6.36. The minimum absolute atomic E-state index is 0.204. The Labute approximate surface area is 200 Å². The number of aryl methyl sites for hydroxylation is 1. The summed E-state index contributed by atoms with van der Waals surface area (Å²) in [4.78, 5) is 30.4. The number of para-hydroxylation sites is 1. The van der Waals surface area contributed by atoms with Gasteiger partial charge in [-0.25, -0.2) is 9.78 Å². The first-order valence-corrected chi connectivity index (χ1v) is 10.8. The maximum absolute atomic E-state index is 13.1. The Bertz CT molecular complexity index is 1370. The zero-order valence-corrected chi connectivity index (χ0v) is 19.4. The third kappa shape index (κ3) is 4.85. The third-order valence-electron chi connectivity index (χ3n) is 5.21. The van der Waals surface area contributed by atoms with Crippen molar-refractivity contribution < 1.29 is 19.1 Å². The molecule has 0 bridgehead atoms. The van der Waals surface area contributed by atoms with Gasteiger partial charge in [-0.15, -0.1) is 0 Å². The lowest BCUT2D eigenvalue weighted by Crippen LogP contribution is -2.15. The fourth-order valence-corrected chi connectivity index (χ4v) is 3.99. The summed E-state index contributed by atoms with van der Waals surface area (Å²) in [6.07, 6.45) is 0. The molecule has 7 heteroatoms. The van der Waals surface area contributed by atoms with Crippen molar-refractivity contribution >= 4 is 45.9 Å². The summed E-state index contributed by atoms with van der Waals surface area (Å²) in [7, 11) is 1.60. The number of ether oxygens (including phenoxy) is 2. The van der Waals surface area contributed by atoms with Crippen molar-refractivity contribution in [2.24, 2.45) is 0 Å². The van der Waals surface area contributed by atoms with Crippen LogP contribution in [0, 0.1) is 6.92 Å². The Morgan fingerprint density at radius 1 is 0.939 bits per heavy atom. The number of esters is 1. The molecule has 0 saturated heterocycles. The van der Waals surface area contributed by atoms with Gasteiger partial charge in [-0.3, -0.25) is 4.79 Å². The Balaban J connectivity index is 1.67. The molecule has 4 aromatic rings. The number of carbonyl (C=O) groups excluding carboxylic acids is 2. The predicted octanol–water partition coefficient (Wildman–Crippen LogP) is 6.57. The topological polar surface area (TPSA) is 65.5 Å². The Hall–Kier alpha value is -3.41. The van der Waals surface area contributed by atoms with Crippen molar-refractivity contribution in [1.82, 2.24) is 4.98 Å². The molecule has 0 amide bonds. The molecule has 0 spiro atoms. The summed E-state index contributed by atoms with van der Waals surface area (Å²) in [6.45, 7) is 1.47. The quantitative estimate of drug-likeness (QED) is 0.231. The van der Waals surface area contributed by atoms with Crippen LogP contribution in [0.3, 0.4) is 0 Å². The smallest absolute Gasteiger partial charge is 0.339 e. The van der Waals surface area contributed by atoms with Gasteiger partial charge in [-0.1, -0.05) is 41.4 Å². The van der Waals surface area contributed by atoms with E-state index in [-0.39, 0.29) is 10.6 Å². The van der Waals surface area contributed by atoms with Crippen molar-refractivity contribution in [3.63, 3.8) is 0 Å². The number of halogens is 2. The number of benzene rings is 3. The third-order valence-corrected chi connectivity index (χ3v) is 5.76. The molecule has 0 radical (unpaired) electrons. The zero-order valence-electron chi connectivity index (χ0n) is 17.9. The van der Waals surface area contributed by atoms with Crippen LogP contribution in [0.1, 0.15) is 26.3 Å². The molecule has 166 valence electrons. The van der Waals surface area contributed by atoms with E-state index in [1.807, 2.05) is 49.4 Å². The number of Topliss-reactive ketones (excluding diaryl/α,β-unsaturated/α-hetero) is 1. The van der Waals surface area contributed by atoms with Gasteiger partial charge in [0, 0.05) is 21.5 Å². The summed E-state index contributed by atoms with van der Waals surface area (Å²) in [5.41, 5.74) is 3.59. The highest BCUT2D eigenvalue weighted by Gasteiger charge is 2.19. The van der Waals surface area contributed by atoms with E-state index in [0.29, 0.717) is 27.2 Å². The van der Waals surface area contributed by atoms with Gasteiger partial charge in [0.15, 0.2) is 6.61 Å². The van der Waals surface area contributed by atoms with Crippen LogP contribution in [0.2, 0.25) is 10.0 Å². The van der Waals surface area contributed by atoms with Crippen LogP contribution in [0.5, 0.6) is 5.75 Å². The van der Waals surface area contributed by atoms with E-state index in [9.17, 15) is 9.59 Å². The molecule has 1 aromatic heterocycles. The van der Waals surface area contributed by atoms with Crippen LogP contribution in [-0.4, -0.2) is 30.5 Å². The second-order valence-corrected chi connectivity index (χ2v) is 8.22. The molecule has 33 heavy (non-hydrogen) atoms. The highest BCUT2D eigenvalue weighted by atomic mass is 35.5. The number of hydrogen-bond acceptors (Lipinski definition) is 5. The first kappa shape index (κ1) is 22.8. The summed E-state index contributed by atoms with van der Waals surface area (Å²) >= 11 is 12.0. The minimum Gasteiger partial charge on any atom is -0.497 e. The Morgan fingerprint density at radius 2 is 1.70 bits per heavy atom. The van der Waals surface area contributed by atoms with Gasteiger partial charge < -0.3 is 9.47 Å². The minimum atomic E-state index is -0.624. The maximum Gasteiger partial charge on any atom is 0.339 e. The standard InChI is InChI=1S/C26H19Cl2NO4/c1-15-4-3-5-19-21(13-23(29-25(15)19)16-6-9-18(32-2)10-7-16)26(31)33-14-24(30)20-11-8-17(27)12-22(20)28/h3-13H,14H2,1-2H3. The Kier molecular flexibility index (Phi) is 6.63. The molecule has 3 aromatic carbocycles. The van der Waals surface area contributed by atoms with Crippen LogP contribution in [-0.2, 0) is 4.74 Å². The van der Waals surface area contributed by atoms with Gasteiger partial charge >= 0.3 is 5.97 Å². The number of nitrogens with zero attached hydrogens (tertiary/aromatic N) is 1. The first-order valence-electron chi connectivity index (χ1n) is 10.1. The Morgan fingerprint density at radius 3 is 2.39 bits per heavy atom. The van der Waals surface area contributed by atoms with Crippen LogP contribution < -0.4 is 4.74 Å². The molecule has 0 fully saturated rings. The summed E-state index contributed by atoms with van der Waals surface area (Å²) in [5.74, 6) is -0.328. The molecule has 0 atom stereocenters. The van der Waals surface area contributed by atoms with Crippen LogP contribution in [0.4, 0.5) is 0 Å². The first-order chi connectivity index (χ1) is 15.9. The normalized spacial score (nSPS) is 10.8. The second kappa shape index (κ2) is 9.61. The lowest BCUT2D eigenvalue weighted by molar-refractivity contribution is 0.0476. The lowest BCUT2D eigenvalue weighted by Gasteiger charge is -2.12. The van der Waals surface area contributed by atoms with Crippen LogP contribution in [0.25, 0.3) is 22.2 Å². The number of pyridine rings is 1. The van der Waals surface area contributed by atoms with Crippen LogP contribution in [0.15, 0.2) is 66.7 Å². The average molecular weight is 480 g/mol. The molecule has 0 aliphatic heterocycles. The molecule has 0 saturated carbocycles. The molecule has 1 heterocycles. The fraction of sp³-hybridized carbons (Fsp3) is 0.115. The predicted molar refractivity (Wildman–Crippen MR) is 130 cm³/mol. The molecule has 0 aliphatic carbocycles. The monoisotopic (exact) mass is 479 g/mol. The van der Waals surface area contributed by atoms with E-state index >= 15 is 0 Å². The average Bonchev–Trinajstić information content (AvgIpc) is 2.82. The molecular formula is C26H19Cl2NO4. The number of hydrogen-bond donors (Lipinski definition) is 0. The summed E-state index contributed by atoms with van der Waals surface area (Å²) < 4.78 is 10.6. The van der Waals surface area contributed by atoms with Gasteiger partial charge in [0.05, 0.1) is 28.9 Å². The lowest BCUT2D eigenvalue weighted by atomic mass is 10.0. The summed E-state index contributed by atoms with van der Waals surface area (Å²) in [6, 6.07) is 19.2. The van der Waals surface area contributed by atoms with E-state index in [4.69, 9.17) is 37.7 Å². The molecular weight excluding hydrogens is 461 g/mol. The van der Waals surface area contributed by atoms with Gasteiger partial charge in [0.2, 0.25) is 5.78 Å². The van der Waals surface area contributed by atoms with Gasteiger partial charge in [-0.05, 0) is 61.0 Å². The second-order valence-electron chi connectivity index (χ2n) is 7.38. The molecule has 5 nitrogen and oxygen atoms in total. The van der Waals surface area contributed by atoms with Crippen molar-refractivity contribution in [2.45, 2.75) is 6.92 Å². The fourth-order valence-electron chi connectivity index (χ4n) is 3.47. The van der Waals surface area contributed by atoms with Crippen molar-refractivity contribution in [1.29, 1.82) is 0 Å². The van der Waals surface area contributed by atoms with Crippen molar-refractivity contribution in [3.8, 4) is 17.0 Å². The van der Waals surface area contributed by atoms with Gasteiger partial charge in [-0.2, -0.15) is 0 Å². The van der Waals surface area contributed by atoms with E-state index in [1.54, 1.807) is 19.2 Å². The van der Waals surface area contributed by atoms with Crippen molar-refractivity contribution in [2.75, 3.05) is 13.7 Å². The molecule has 0 aliphatic rings. The zero-order chi connectivity index (χ0) is 23.5. The van der Waals surface area contributed by atoms with E-state index in [0.717, 1.165) is 16.9 Å². The van der Waals surface area contributed by atoms with Crippen molar-refractivity contribution in [3.05, 3.63) is 93.5 Å². The number of methoxy groups -OCH3 is 1. The number of ketones is 1. The molecule has 4 rings (SSSR count). The number of fused-ring (bicyclic) bond motifs is 1.